The van der Waals surface area contributed by atoms with E-state index in [1.165, 1.54) is 24.3 Å². The second-order valence-corrected chi connectivity index (χ2v) is 4.96. The van der Waals surface area contributed by atoms with E-state index in [0.29, 0.717) is 5.69 Å². The first kappa shape index (κ1) is 16.9. The summed E-state index contributed by atoms with van der Waals surface area (Å²) in [6, 6.07) is 5.70. The maximum absolute atomic E-state index is 10.7. The van der Waals surface area contributed by atoms with E-state index >= 15 is 0 Å². The largest absolute Gasteiger partial charge is 0.481 e. The molecule has 0 bridgehead atoms. The molecule has 1 aromatic carbocycles. The highest BCUT2D eigenvalue weighted by Gasteiger charge is 2.05. The van der Waals surface area contributed by atoms with Gasteiger partial charge in [-0.3, -0.25) is 9.59 Å². The molecule has 0 aromatic heterocycles. The summed E-state index contributed by atoms with van der Waals surface area (Å²) in [5, 5.41) is 20.6. The molecule has 6 N–H and O–H groups in total. The van der Waals surface area contributed by atoms with Gasteiger partial charge in [0.05, 0.1) is 17.7 Å². The van der Waals surface area contributed by atoms with Crippen LogP contribution in [0.25, 0.3) is 0 Å². The normalized spacial score (nSPS) is 10.2. The summed E-state index contributed by atoms with van der Waals surface area (Å²) in [7, 11) is -3.58. The van der Waals surface area contributed by atoms with Crippen molar-refractivity contribution in [3.05, 3.63) is 24.3 Å². The number of nitrogens with two attached hydrogens (primary N) is 2. The smallest absolute Gasteiger partial charge is 0.303 e. The third-order valence-electron chi connectivity index (χ3n) is 1.76. The number of rotatable bonds is 4. The molecular formula is C10H14N2O6S. The molecule has 0 saturated heterocycles. The highest BCUT2D eigenvalue weighted by atomic mass is 32.2. The lowest BCUT2D eigenvalue weighted by molar-refractivity contribution is -0.143. The van der Waals surface area contributed by atoms with Gasteiger partial charge in [0.2, 0.25) is 10.0 Å². The van der Waals surface area contributed by atoms with Gasteiger partial charge in [-0.25, -0.2) is 13.6 Å². The molecule has 0 unspecified atom stereocenters. The van der Waals surface area contributed by atoms with Crippen LogP contribution in [0.15, 0.2) is 29.2 Å². The lowest BCUT2D eigenvalue weighted by Gasteiger charge is -1.96. The minimum absolute atomic E-state index is 0.0756. The quantitative estimate of drug-likeness (QED) is 0.560. The molecule has 0 aliphatic rings. The molecule has 9 heteroatoms. The number of primary sulfonamides is 1. The number of sulfonamides is 1. The Morgan fingerprint density at radius 3 is 1.63 bits per heavy atom. The maximum Gasteiger partial charge on any atom is 0.303 e. The third-order valence-corrected chi connectivity index (χ3v) is 2.69. The zero-order valence-electron chi connectivity index (χ0n) is 9.81. The Morgan fingerprint density at radius 1 is 1.00 bits per heavy atom. The van der Waals surface area contributed by atoms with Crippen molar-refractivity contribution < 1.29 is 28.2 Å². The average molecular weight is 290 g/mol. The molecule has 8 nitrogen and oxygen atoms in total. The number of carboxylic acid groups (broad SMARTS) is 2. The van der Waals surface area contributed by atoms with Crippen molar-refractivity contribution in [3.8, 4) is 0 Å². The Morgan fingerprint density at radius 2 is 1.37 bits per heavy atom. The molecule has 106 valence electrons. The standard InChI is InChI=1S/C6H8N2O2S.C4H6O4/c7-5-1-3-6(4-2-5)11(8,9)10;5-3(6)1-2-4(7)8/h1-4H,7H2,(H2,8,9,10);1-2H2,(H,5,6)(H,7,8). The van der Waals surface area contributed by atoms with Crippen LogP contribution in [0.1, 0.15) is 12.8 Å². The fourth-order valence-electron chi connectivity index (χ4n) is 0.871. The minimum Gasteiger partial charge on any atom is -0.481 e. The number of aliphatic carboxylic acids is 2. The Balaban J connectivity index is 0.000000362. The van der Waals surface area contributed by atoms with Gasteiger partial charge in [0.1, 0.15) is 0 Å². The first-order valence-electron chi connectivity index (χ1n) is 4.95. The van der Waals surface area contributed by atoms with Crippen molar-refractivity contribution in [1.29, 1.82) is 0 Å². The molecule has 0 heterocycles. The molecule has 0 fully saturated rings. The van der Waals surface area contributed by atoms with E-state index in [1.54, 1.807) is 0 Å². The molecule has 0 radical (unpaired) electrons. The molecule has 1 aromatic rings. The van der Waals surface area contributed by atoms with Gasteiger partial charge in [-0.2, -0.15) is 0 Å². The van der Waals surface area contributed by atoms with E-state index < -0.39 is 22.0 Å². The first-order chi connectivity index (χ1) is 8.62. The second-order valence-electron chi connectivity index (χ2n) is 3.40. The predicted octanol–water partition coefficient (Wildman–Crippen LogP) is -0.148. The summed E-state index contributed by atoms with van der Waals surface area (Å²) < 4.78 is 21.4. The van der Waals surface area contributed by atoms with Crippen LogP contribution >= 0.6 is 0 Å². The molecule has 19 heavy (non-hydrogen) atoms. The number of anilines is 1. The van der Waals surface area contributed by atoms with E-state index in [-0.39, 0.29) is 17.7 Å². The lowest BCUT2D eigenvalue weighted by atomic mass is 10.3. The van der Waals surface area contributed by atoms with Gasteiger partial charge in [0, 0.05) is 5.69 Å². The number of carbonyl (C=O) groups is 2. The van der Waals surface area contributed by atoms with E-state index in [0.717, 1.165) is 0 Å². The monoisotopic (exact) mass is 290 g/mol. The van der Waals surface area contributed by atoms with Gasteiger partial charge in [0.25, 0.3) is 0 Å². The van der Waals surface area contributed by atoms with Crippen molar-refractivity contribution in [2.45, 2.75) is 17.7 Å². The number of carboxylic acids is 2. The van der Waals surface area contributed by atoms with Gasteiger partial charge in [0.15, 0.2) is 0 Å². The van der Waals surface area contributed by atoms with Crippen LogP contribution in [-0.4, -0.2) is 30.6 Å². The minimum atomic E-state index is -3.58. The summed E-state index contributed by atoms with van der Waals surface area (Å²) in [6.07, 6.45) is -0.593. The molecule has 1 rings (SSSR count). The van der Waals surface area contributed by atoms with Gasteiger partial charge >= 0.3 is 11.9 Å². The van der Waals surface area contributed by atoms with Crippen LogP contribution < -0.4 is 10.9 Å². The molecule has 0 aliphatic heterocycles. The summed E-state index contributed by atoms with van der Waals surface area (Å²) >= 11 is 0. The van der Waals surface area contributed by atoms with Crippen molar-refractivity contribution in [1.82, 2.24) is 0 Å². The van der Waals surface area contributed by atoms with Crippen molar-refractivity contribution in [2.75, 3.05) is 5.73 Å². The number of benzene rings is 1. The predicted molar refractivity (Wildman–Crippen MR) is 66.7 cm³/mol. The van der Waals surface area contributed by atoms with Crippen molar-refractivity contribution in [3.63, 3.8) is 0 Å². The zero-order chi connectivity index (χ0) is 15.1. The van der Waals surface area contributed by atoms with Crippen molar-refractivity contribution >= 4 is 27.6 Å². The first-order valence-corrected chi connectivity index (χ1v) is 6.49. The topological polar surface area (TPSA) is 161 Å². The molecule has 0 atom stereocenters. The maximum atomic E-state index is 10.7. The van der Waals surface area contributed by atoms with Crippen LogP contribution in [0, 0.1) is 0 Å². The van der Waals surface area contributed by atoms with Gasteiger partial charge in [-0.15, -0.1) is 0 Å². The Labute approximate surface area is 109 Å². The van der Waals surface area contributed by atoms with Crippen LogP contribution in [0.4, 0.5) is 5.69 Å². The summed E-state index contributed by atoms with van der Waals surface area (Å²) in [5.74, 6) is -2.15. The molecule has 0 spiro atoms. The van der Waals surface area contributed by atoms with Crippen LogP contribution in [0.3, 0.4) is 0 Å². The number of nitrogen functional groups attached to an aromatic ring is 1. The Hall–Kier alpha value is -2.13. The summed E-state index contributed by atoms with van der Waals surface area (Å²) in [4.78, 5) is 19.4. The SMILES string of the molecule is Nc1ccc(S(N)(=O)=O)cc1.O=C(O)CCC(=O)O. The Bertz CT molecular complexity index is 524. The molecular weight excluding hydrogens is 276 g/mol. The fourth-order valence-corrected chi connectivity index (χ4v) is 1.39. The van der Waals surface area contributed by atoms with Gasteiger partial charge < -0.3 is 15.9 Å². The zero-order valence-corrected chi connectivity index (χ0v) is 10.6. The second kappa shape index (κ2) is 7.34. The van der Waals surface area contributed by atoms with Crippen LogP contribution in [-0.2, 0) is 19.6 Å². The number of hydrogen-bond donors (Lipinski definition) is 4. The lowest BCUT2D eigenvalue weighted by Crippen LogP contribution is -2.11. The molecule has 0 amide bonds. The van der Waals surface area contributed by atoms with Crippen LogP contribution in [0.2, 0.25) is 0 Å². The van der Waals surface area contributed by atoms with E-state index in [1.807, 2.05) is 0 Å². The average Bonchev–Trinajstić information content (AvgIpc) is 2.26. The van der Waals surface area contributed by atoms with E-state index in [9.17, 15) is 18.0 Å². The van der Waals surface area contributed by atoms with E-state index in [4.69, 9.17) is 21.1 Å². The summed E-state index contributed by atoms with van der Waals surface area (Å²) in [5.41, 5.74) is 5.85. The van der Waals surface area contributed by atoms with Gasteiger partial charge in [-0.1, -0.05) is 0 Å². The van der Waals surface area contributed by atoms with Crippen molar-refractivity contribution in [2.24, 2.45) is 5.14 Å². The van der Waals surface area contributed by atoms with Gasteiger partial charge in [-0.05, 0) is 24.3 Å². The van der Waals surface area contributed by atoms with Crippen LogP contribution in [0.5, 0.6) is 0 Å². The highest BCUT2D eigenvalue weighted by molar-refractivity contribution is 7.89. The summed E-state index contributed by atoms with van der Waals surface area (Å²) in [6.45, 7) is 0. The molecule has 0 saturated carbocycles. The fraction of sp³-hybridized carbons (Fsp3) is 0.200. The third kappa shape index (κ3) is 8.57. The highest BCUT2D eigenvalue weighted by Crippen LogP contribution is 2.08. The number of hydrogen-bond acceptors (Lipinski definition) is 5. The molecule has 0 aliphatic carbocycles. The Kier molecular flexibility index (Phi) is 6.51. The van der Waals surface area contributed by atoms with E-state index in [2.05, 4.69) is 0 Å².